The smallest absolute Gasteiger partial charge is 0.323 e. The zero-order valence-electron chi connectivity index (χ0n) is 15.3. The normalized spacial score (nSPS) is 15.4. The number of ether oxygens (including phenoxy) is 1. The van der Waals surface area contributed by atoms with E-state index in [4.69, 9.17) is 4.74 Å². The van der Waals surface area contributed by atoms with Crippen molar-refractivity contribution in [3.8, 4) is 11.8 Å². The number of likely N-dealkylation sites (tertiary alicyclic amines) is 1. The third-order valence-electron chi connectivity index (χ3n) is 4.77. The minimum atomic E-state index is 0.368. The molecular formula is C22H24N4O. The topological polar surface area (TPSA) is 50.3 Å². The summed E-state index contributed by atoms with van der Waals surface area (Å²) in [5.41, 5.74) is 1.38. The lowest BCUT2D eigenvalue weighted by Gasteiger charge is -2.32. The molecule has 2 aromatic carbocycles. The summed E-state index contributed by atoms with van der Waals surface area (Å²) in [7, 11) is 0. The maximum absolute atomic E-state index is 5.72. The van der Waals surface area contributed by atoms with Crippen molar-refractivity contribution in [1.29, 1.82) is 0 Å². The Morgan fingerprint density at radius 3 is 2.37 bits per heavy atom. The molecule has 3 aromatic rings. The molecule has 1 saturated heterocycles. The summed E-state index contributed by atoms with van der Waals surface area (Å²) in [5.74, 6) is 1.56. The largest absolute Gasteiger partial charge is 0.424 e. The molecule has 0 atom stereocenters. The third kappa shape index (κ3) is 5.05. The van der Waals surface area contributed by atoms with E-state index < -0.39 is 0 Å². The molecule has 5 heteroatoms. The molecule has 1 aliphatic heterocycles. The van der Waals surface area contributed by atoms with Gasteiger partial charge in [0.15, 0.2) is 0 Å². The first-order valence-electron chi connectivity index (χ1n) is 9.44. The summed E-state index contributed by atoms with van der Waals surface area (Å²) in [5, 5.41) is 3.53. The Kier molecular flexibility index (Phi) is 5.60. The van der Waals surface area contributed by atoms with Gasteiger partial charge in [-0.3, -0.25) is 4.90 Å². The minimum absolute atomic E-state index is 0.368. The van der Waals surface area contributed by atoms with Gasteiger partial charge in [0, 0.05) is 31.9 Å². The van der Waals surface area contributed by atoms with E-state index in [2.05, 4.69) is 50.5 Å². The molecule has 138 valence electrons. The highest BCUT2D eigenvalue weighted by atomic mass is 16.5. The van der Waals surface area contributed by atoms with Crippen molar-refractivity contribution in [1.82, 2.24) is 14.9 Å². The van der Waals surface area contributed by atoms with Gasteiger partial charge in [0.2, 0.25) is 0 Å². The van der Waals surface area contributed by atoms with Gasteiger partial charge in [0.25, 0.3) is 0 Å². The molecule has 0 radical (unpaired) electrons. The van der Waals surface area contributed by atoms with Crippen LogP contribution in [0.1, 0.15) is 18.4 Å². The van der Waals surface area contributed by atoms with E-state index in [0.29, 0.717) is 12.1 Å². The number of benzene rings is 2. The van der Waals surface area contributed by atoms with E-state index >= 15 is 0 Å². The van der Waals surface area contributed by atoms with Crippen LogP contribution in [0.25, 0.3) is 0 Å². The molecule has 0 saturated carbocycles. The van der Waals surface area contributed by atoms with Crippen LogP contribution in [0.2, 0.25) is 0 Å². The Balaban J connectivity index is 1.29. The fraction of sp³-hybridized carbons (Fsp3) is 0.273. The van der Waals surface area contributed by atoms with Gasteiger partial charge in [-0.25, -0.2) is 4.98 Å². The molecule has 0 aliphatic carbocycles. The second-order valence-electron chi connectivity index (χ2n) is 6.82. The zero-order valence-corrected chi connectivity index (χ0v) is 15.3. The lowest BCUT2D eigenvalue weighted by Crippen LogP contribution is -2.38. The molecule has 1 aliphatic rings. The summed E-state index contributed by atoms with van der Waals surface area (Å²) in [6.07, 6.45) is 3.94. The Labute approximate surface area is 160 Å². The maximum Gasteiger partial charge on any atom is 0.323 e. The van der Waals surface area contributed by atoms with Gasteiger partial charge in [0.1, 0.15) is 11.6 Å². The molecule has 1 N–H and O–H groups in total. The number of anilines is 1. The SMILES string of the molecule is c1ccc(CN2CCC(Nc3ccnc(Oc4ccccc4)n3)CC2)cc1. The first-order valence-corrected chi connectivity index (χ1v) is 9.44. The van der Waals surface area contributed by atoms with Gasteiger partial charge in [-0.2, -0.15) is 4.98 Å². The fourth-order valence-electron chi connectivity index (χ4n) is 3.35. The van der Waals surface area contributed by atoms with Crippen LogP contribution in [0.15, 0.2) is 72.9 Å². The summed E-state index contributed by atoms with van der Waals surface area (Å²) in [6.45, 7) is 3.20. The van der Waals surface area contributed by atoms with E-state index in [9.17, 15) is 0 Å². The van der Waals surface area contributed by atoms with Crippen molar-refractivity contribution in [3.05, 3.63) is 78.5 Å². The molecule has 27 heavy (non-hydrogen) atoms. The van der Waals surface area contributed by atoms with Crippen LogP contribution in [0, 0.1) is 0 Å². The van der Waals surface area contributed by atoms with E-state index in [1.807, 2.05) is 36.4 Å². The molecule has 0 bridgehead atoms. The summed E-state index contributed by atoms with van der Waals surface area (Å²) in [6, 6.07) is 23.0. The molecule has 0 amide bonds. The van der Waals surface area contributed by atoms with E-state index in [1.165, 1.54) is 5.56 Å². The number of nitrogens with zero attached hydrogens (tertiary/aromatic N) is 3. The Bertz CT molecular complexity index is 833. The number of aromatic nitrogens is 2. The fourth-order valence-corrected chi connectivity index (χ4v) is 3.35. The summed E-state index contributed by atoms with van der Waals surface area (Å²) < 4.78 is 5.72. The molecular weight excluding hydrogens is 336 g/mol. The molecule has 4 rings (SSSR count). The van der Waals surface area contributed by atoms with Crippen LogP contribution in [0.5, 0.6) is 11.8 Å². The van der Waals surface area contributed by atoms with Crippen LogP contribution in [0.4, 0.5) is 5.82 Å². The van der Waals surface area contributed by atoms with E-state index in [1.54, 1.807) is 6.20 Å². The molecule has 0 unspecified atom stereocenters. The van der Waals surface area contributed by atoms with Gasteiger partial charge in [-0.15, -0.1) is 0 Å². The predicted octanol–water partition coefficient (Wildman–Crippen LogP) is 4.35. The summed E-state index contributed by atoms with van der Waals surface area (Å²) >= 11 is 0. The van der Waals surface area contributed by atoms with Crippen LogP contribution >= 0.6 is 0 Å². The van der Waals surface area contributed by atoms with Crippen molar-refractivity contribution in [3.63, 3.8) is 0 Å². The summed E-state index contributed by atoms with van der Waals surface area (Å²) in [4.78, 5) is 11.2. The van der Waals surface area contributed by atoms with Crippen LogP contribution in [-0.4, -0.2) is 34.0 Å². The number of para-hydroxylation sites is 1. The van der Waals surface area contributed by atoms with Gasteiger partial charge in [0.05, 0.1) is 0 Å². The number of hydrogen-bond acceptors (Lipinski definition) is 5. The van der Waals surface area contributed by atoms with Gasteiger partial charge in [-0.1, -0.05) is 48.5 Å². The molecule has 5 nitrogen and oxygen atoms in total. The first-order chi connectivity index (χ1) is 13.3. The number of hydrogen-bond donors (Lipinski definition) is 1. The third-order valence-corrected chi connectivity index (χ3v) is 4.77. The van der Waals surface area contributed by atoms with Crippen LogP contribution < -0.4 is 10.1 Å². The maximum atomic E-state index is 5.72. The monoisotopic (exact) mass is 360 g/mol. The van der Waals surface area contributed by atoms with E-state index in [-0.39, 0.29) is 0 Å². The second kappa shape index (κ2) is 8.64. The average Bonchev–Trinajstić information content (AvgIpc) is 2.71. The Morgan fingerprint density at radius 1 is 0.926 bits per heavy atom. The molecule has 0 spiro atoms. The number of piperidine rings is 1. The molecule has 1 fully saturated rings. The average molecular weight is 360 g/mol. The van der Waals surface area contributed by atoms with Crippen molar-refractivity contribution in [2.75, 3.05) is 18.4 Å². The quantitative estimate of drug-likeness (QED) is 0.708. The van der Waals surface area contributed by atoms with Crippen molar-refractivity contribution >= 4 is 5.82 Å². The molecule has 2 heterocycles. The number of nitrogens with one attached hydrogen (secondary N) is 1. The zero-order chi connectivity index (χ0) is 18.3. The van der Waals surface area contributed by atoms with Crippen LogP contribution in [-0.2, 0) is 6.54 Å². The highest BCUT2D eigenvalue weighted by Crippen LogP contribution is 2.20. The molecule has 1 aromatic heterocycles. The Morgan fingerprint density at radius 2 is 1.63 bits per heavy atom. The van der Waals surface area contributed by atoms with Crippen LogP contribution in [0.3, 0.4) is 0 Å². The number of rotatable bonds is 6. The van der Waals surface area contributed by atoms with Gasteiger partial charge >= 0.3 is 6.01 Å². The Hall–Kier alpha value is -2.92. The minimum Gasteiger partial charge on any atom is -0.424 e. The van der Waals surface area contributed by atoms with E-state index in [0.717, 1.165) is 44.0 Å². The van der Waals surface area contributed by atoms with Crippen molar-refractivity contribution < 1.29 is 4.74 Å². The van der Waals surface area contributed by atoms with Gasteiger partial charge < -0.3 is 10.1 Å². The second-order valence-corrected chi connectivity index (χ2v) is 6.82. The van der Waals surface area contributed by atoms with Crippen molar-refractivity contribution in [2.24, 2.45) is 0 Å². The highest BCUT2D eigenvalue weighted by Gasteiger charge is 2.19. The van der Waals surface area contributed by atoms with Crippen molar-refractivity contribution in [2.45, 2.75) is 25.4 Å². The lowest BCUT2D eigenvalue weighted by molar-refractivity contribution is 0.211. The first kappa shape index (κ1) is 17.5. The predicted molar refractivity (Wildman–Crippen MR) is 107 cm³/mol. The lowest BCUT2D eigenvalue weighted by atomic mass is 10.0. The highest BCUT2D eigenvalue weighted by molar-refractivity contribution is 5.36. The van der Waals surface area contributed by atoms with Gasteiger partial charge in [-0.05, 0) is 36.6 Å². The standard InChI is InChI=1S/C22H24N4O/c1-3-7-18(8-4-1)17-26-15-12-19(13-16-26)24-21-11-14-23-22(25-21)27-20-9-5-2-6-10-20/h1-11,14,19H,12-13,15-17H2,(H,23,24,25).